The minimum atomic E-state index is -0.525. The molecule has 5 heteroatoms. The van der Waals surface area contributed by atoms with Gasteiger partial charge in [0.05, 0.1) is 24.0 Å². The van der Waals surface area contributed by atoms with E-state index in [2.05, 4.69) is 4.98 Å². The average molecular weight is 267 g/mol. The maximum atomic E-state index is 9.43. The van der Waals surface area contributed by atoms with Crippen molar-refractivity contribution < 1.29 is 9.84 Å². The standard InChI is InChI=1S/C13H15ClN2O2/c1-10(17)11-2-3-13(12(14)8-11)18-7-6-16-5-4-15-9-16/h2-5,8-10,17H,6-7H2,1H3. The maximum Gasteiger partial charge on any atom is 0.138 e. The molecule has 2 aromatic rings. The molecule has 0 saturated heterocycles. The Hall–Kier alpha value is -1.52. The van der Waals surface area contributed by atoms with Gasteiger partial charge in [0.2, 0.25) is 0 Å². The van der Waals surface area contributed by atoms with E-state index in [1.165, 1.54) is 0 Å². The zero-order valence-electron chi connectivity index (χ0n) is 10.1. The molecule has 0 fully saturated rings. The molecule has 4 nitrogen and oxygen atoms in total. The van der Waals surface area contributed by atoms with Crippen LogP contribution in [0.15, 0.2) is 36.9 Å². The number of hydrogen-bond acceptors (Lipinski definition) is 3. The number of aliphatic hydroxyl groups excluding tert-OH is 1. The molecule has 1 N–H and O–H groups in total. The highest BCUT2D eigenvalue weighted by Crippen LogP contribution is 2.27. The summed E-state index contributed by atoms with van der Waals surface area (Å²) in [5.74, 6) is 0.626. The SMILES string of the molecule is CC(O)c1ccc(OCCn2ccnc2)c(Cl)c1. The van der Waals surface area contributed by atoms with Crippen LogP contribution in [-0.4, -0.2) is 21.3 Å². The summed E-state index contributed by atoms with van der Waals surface area (Å²) in [5.41, 5.74) is 0.780. The lowest BCUT2D eigenvalue weighted by Crippen LogP contribution is -2.06. The van der Waals surface area contributed by atoms with Gasteiger partial charge in [-0.3, -0.25) is 0 Å². The Balaban J connectivity index is 1.93. The van der Waals surface area contributed by atoms with Crippen LogP contribution in [0.5, 0.6) is 5.75 Å². The minimum absolute atomic E-state index is 0.513. The fourth-order valence-corrected chi connectivity index (χ4v) is 1.82. The number of rotatable bonds is 5. The molecule has 1 atom stereocenters. The van der Waals surface area contributed by atoms with Crippen molar-refractivity contribution in [2.24, 2.45) is 0 Å². The van der Waals surface area contributed by atoms with Crippen molar-refractivity contribution in [2.75, 3.05) is 6.61 Å². The predicted molar refractivity (Wildman–Crippen MR) is 69.8 cm³/mol. The molecule has 18 heavy (non-hydrogen) atoms. The van der Waals surface area contributed by atoms with Gasteiger partial charge in [-0.1, -0.05) is 17.7 Å². The van der Waals surface area contributed by atoms with Gasteiger partial charge < -0.3 is 14.4 Å². The van der Waals surface area contributed by atoms with Crippen molar-refractivity contribution in [2.45, 2.75) is 19.6 Å². The molecular weight excluding hydrogens is 252 g/mol. The fourth-order valence-electron chi connectivity index (χ4n) is 1.57. The quantitative estimate of drug-likeness (QED) is 0.905. The van der Waals surface area contributed by atoms with Gasteiger partial charge >= 0.3 is 0 Å². The van der Waals surface area contributed by atoms with Gasteiger partial charge in [-0.25, -0.2) is 4.98 Å². The molecule has 0 saturated carbocycles. The molecule has 2 rings (SSSR count). The van der Waals surface area contributed by atoms with Crippen LogP contribution >= 0.6 is 11.6 Å². The number of hydrogen-bond donors (Lipinski definition) is 1. The van der Waals surface area contributed by atoms with Gasteiger partial charge in [0.25, 0.3) is 0 Å². The maximum absolute atomic E-state index is 9.43. The van der Waals surface area contributed by atoms with Crippen LogP contribution in [0.1, 0.15) is 18.6 Å². The summed E-state index contributed by atoms with van der Waals surface area (Å²) >= 11 is 6.08. The summed E-state index contributed by atoms with van der Waals surface area (Å²) < 4.78 is 7.51. The Labute approximate surface area is 111 Å². The van der Waals surface area contributed by atoms with Crippen molar-refractivity contribution in [3.05, 3.63) is 47.5 Å². The summed E-state index contributed by atoms with van der Waals surface area (Å²) in [6.07, 6.45) is 4.82. The molecule has 96 valence electrons. The Morgan fingerprint density at radius 3 is 2.94 bits per heavy atom. The number of ether oxygens (including phenoxy) is 1. The van der Waals surface area contributed by atoms with Gasteiger partial charge in [0.15, 0.2) is 0 Å². The lowest BCUT2D eigenvalue weighted by molar-refractivity contribution is 0.199. The zero-order chi connectivity index (χ0) is 13.0. The first kappa shape index (κ1) is 12.9. The largest absolute Gasteiger partial charge is 0.490 e. The highest BCUT2D eigenvalue weighted by molar-refractivity contribution is 6.32. The average Bonchev–Trinajstić information content (AvgIpc) is 2.84. The third kappa shape index (κ3) is 3.24. The number of benzene rings is 1. The molecule has 0 spiro atoms. The summed E-state index contributed by atoms with van der Waals surface area (Å²) in [6.45, 7) is 2.93. The van der Waals surface area contributed by atoms with E-state index in [1.807, 2.05) is 16.8 Å². The molecule has 1 heterocycles. The second-order valence-electron chi connectivity index (χ2n) is 4.01. The topological polar surface area (TPSA) is 47.3 Å². The van der Waals surface area contributed by atoms with E-state index in [9.17, 15) is 5.11 Å². The first-order valence-corrected chi connectivity index (χ1v) is 6.10. The molecule has 0 amide bonds. The number of aliphatic hydroxyl groups is 1. The monoisotopic (exact) mass is 266 g/mol. The third-order valence-electron chi connectivity index (χ3n) is 2.60. The van der Waals surface area contributed by atoms with E-state index in [4.69, 9.17) is 16.3 Å². The minimum Gasteiger partial charge on any atom is -0.490 e. The van der Waals surface area contributed by atoms with Gasteiger partial charge in [-0.05, 0) is 24.6 Å². The Kier molecular flexibility index (Phi) is 4.23. The Morgan fingerprint density at radius 1 is 1.50 bits per heavy atom. The summed E-state index contributed by atoms with van der Waals surface area (Å²) in [4.78, 5) is 3.95. The van der Waals surface area contributed by atoms with Gasteiger partial charge in [0, 0.05) is 12.4 Å². The van der Waals surface area contributed by atoms with Crippen LogP contribution in [0.2, 0.25) is 5.02 Å². The van der Waals surface area contributed by atoms with Crippen molar-refractivity contribution >= 4 is 11.6 Å². The number of imidazole rings is 1. The van der Waals surface area contributed by atoms with Crippen LogP contribution < -0.4 is 4.74 Å². The Morgan fingerprint density at radius 2 is 2.33 bits per heavy atom. The first-order chi connectivity index (χ1) is 8.66. The smallest absolute Gasteiger partial charge is 0.138 e. The van der Waals surface area contributed by atoms with Crippen LogP contribution in [0, 0.1) is 0 Å². The van der Waals surface area contributed by atoms with Crippen LogP contribution in [0.4, 0.5) is 0 Å². The van der Waals surface area contributed by atoms with E-state index in [-0.39, 0.29) is 0 Å². The summed E-state index contributed by atoms with van der Waals surface area (Å²) in [7, 11) is 0. The van der Waals surface area contributed by atoms with E-state index < -0.39 is 6.10 Å². The number of halogens is 1. The van der Waals surface area contributed by atoms with Crippen molar-refractivity contribution in [1.29, 1.82) is 0 Å². The predicted octanol–water partition coefficient (Wildman–Crippen LogP) is 2.67. The van der Waals surface area contributed by atoms with E-state index >= 15 is 0 Å². The molecule has 0 aliphatic rings. The Bertz CT molecular complexity index is 498. The normalized spacial score (nSPS) is 12.4. The molecule has 0 aliphatic carbocycles. The second kappa shape index (κ2) is 5.89. The highest BCUT2D eigenvalue weighted by Gasteiger charge is 2.06. The molecule has 0 aliphatic heterocycles. The molecule has 1 aromatic heterocycles. The molecule has 1 unspecified atom stereocenters. The lowest BCUT2D eigenvalue weighted by Gasteiger charge is -2.11. The van der Waals surface area contributed by atoms with Crippen LogP contribution in [0.25, 0.3) is 0 Å². The molecular formula is C13H15ClN2O2. The molecule has 0 radical (unpaired) electrons. The van der Waals surface area contributed by atoms with E-state index in [0.717, 1.165) is 5.56 Å². The summed E-state index contributed by atoms with van der Waals surface area (Å²) in [6, 6.07) is 5.31. The van der Waals surface area contributed by atoms with Crippen molar-refractivity contribution in [3.8, 4) is 5.75 Å². The molecule has 1 aromatic carbocycles. The number of nitrogens with zero attached hydrogens (tertiary/aromatic N) is 2. The van der Waals surface area contributed by atoms with Gasteiger partial charge in [0.1, 0.15) is 12.4 Å². The fraction of sp³-hybridized carbons (Fsp3) is 0.308. The third-order valence-corrected chi connectivity index (χ3v) is 2.90. The second-order valence-corrected chi connectivity index (χ2v) is 4.42. The highest BCUT2D eigenvalue weighted by atomic mass is 35.5. The first-order valence-electron chi connectivity index (χ1n) is 5.73. The van der Waals surface area contributed by atoms with Crippen LogP contribution in [-0.2, 0) is 6.54 Å². The summed E-state index contributed by atoms with van der Waals surface area (Å²) in [5, 5.41) is 9.94. The van der Waals surface area contributed by atoms with E-state index in [1.54, 1.807) is 31.6 Å². The lowest BCUT2D eigenvalue weighted by atomic mass is 10.1. The van der Waals surface area contributed by atoms with E-state index in [0.29, 0.717) is 23.9 Å². The van der Waals surface area contributed by atoms with Crippen LogP contribution in [0.3, 0.4) is 0 Å². The van der Waals surface area contributed by atoms with Crippen molar-refractivity contribution in [3.63, 3.8) is 0 Å². The zero-order valence-corrected chi connectivity index (χ0v) is 10.8. The molecule has 0 bridgehead atoms. The van der Waals surface area contributed by atoms with Gasteiger partial charge in [-0.2, -0.15) is 0 Å². The van der Waals surface area contributed by atoms with Gasteiger partial charge in [-0.15, -0.1) is 0 Å². The number of aromatic nitrogens is 2. The van der Waals surface area contributed by atoms with Crippen molar-refractivity contribution in [1.82, 2.24) is 9.55 Å².